The van der Waals surface area contributed by atoms with Crippen LogP contribution in [0.5, 0.6) is 0 Å². The Morgan fingerprint density at radius 3 is 2.65 bits per heavy atom. The highest BCUT2D eigenvalue weighted by molar-refractivity contribution is 5.84. The molecular weight excluding hydrogens is 288 g/mol. The molecule has 3 aliphatic rings. The van der Waals surface area contributed by atoms with Crippen LogP contribution in [0, 0.1) is 28.1 Å². The average molecular weight is 320 g/mol. The number of Topliss-reactive ketones (excluding diaryl/α,β-unsaturated/α-hetero) is 1. The number of carbonyl (C=O) groups is 1. The number of hydrogen-bond acceptors (Lipinski definition) is 3. The Hall–Kier alpha value is -0.670. The van der Waals surface area contributed by atoms with Crippen LogP contribution in [-0.2, 0) is 4.79 Å². The zero-order chi connectivity index (χ0) is 17.0. The Labute approximate surface area is 140 Å². The number of rotatable bonds is 2. The molecule has 3 rings (SSSR count). The van der Waals surface area contributed by atoms with Gasteiger partial charge in [-0.05, 0) is 61.2 Å². The van der Waals surface area contributed by atoms with E-state index in [0.29, 0.717) is 18.1 Å². The van der Waals surface area contributed by atoms with Gasteiger partial charge in [0, 0.05) is 12.3 Å². The second-order valence-electron chi connectivity index (χ2n) is 9.19. The summed E-state index contributed by atoms with van der Waals surface area (Å²) >= 11 is 0. The van der Waals surface area contributed by atoms with E-state index in [1.54, 1.807) is 0 Å². The van der Waals surface area contributed by atoms with Crippen LogP contribution in [0.4, 0.5) is 0 Å². The molecule has 130 valence electrons. The fourth-order valence-electron chi connectivity index (χ4n) is 6.05. The summed E-state index contributed by atoms with van der Waals surface area (Å²) in [6.07, 6.45) is 7.14. The molecule has 23 heavy (non-hydrogen) atoms. The molecule has 3 aliphatic carbocycles. The van der Waals surface area contributed by atoms with Gasteiger partial charge in [0.2, 0.25) is 0 Å². The van der Waals surface area contributed by atoms with Gasteiger partial charge in [-0.25, -0.2) is 0 Å². The first-order valence-corrected chi connectivity index (χ1v) is 9.16. The van der Waals surface area contributed by atoms with Gasteiger partial charge in [0.25, 0.3) is 0 Å². The smallest absolute Gasteiger partial charge is 0.137 e. The molecule has 0 aliphatic heterocycles. The van der Waals surface area contributed by atoms with Crippen molar-refractivity contribution in [2.75, 3.05) is 6.61 Å². The second kappa shape index (κ2) is 5.42. The van der Waals surface area contributed by atoms with Crippen LogP contribution in [0.1, 0.15) is 66.2 Å². The largest absolute Gasteiger partial charge is 0.394 e. The summed E-state index contributed by atoms with van der Waals surface area (Å²) < 4.78 is 0. The van der Waals surface area contributed by atoms with Gasteiger partial charge in [-0.2, -0.15) is 0 Å². The van der Waals surface area contributed by atoms with Gasteiger partial charge >= 0.3 is 0 Å². The predicted octanol–water partition coefficient (Wildman–Crippen LogP) is 3.49. The summed E-state index contributed by atoms with van der Waals surface area (Å²) in [5, 5.41) is 19.7. The van der Waals surface area contributed by atoms with E-state index < -0.39 is 6.10 Å². The minimum atomic E-state index is -0.721. The number of carbonyl (C=O) groups excluding carboxylic acids is 1. The monoisotopic (exact) mass is 320 g/mol. The summed E-state index contributed by atoms with van der Waals surface area (Å²) in [6, 6.07) is 0. The molecule has 0 aromatic heterocycles. The molecule has 0 spiro atoms. The van der Waals surface area contributed by atoms with Crippen LogP contribution < -0.4 is 0 Å². The van der Waals surface area contributed by atoms with Gasteiger partial charge in [-0.3, -0.25) is 4.79 Å². The Morgan fingerprint density at radius 2 is 2.00 bits per heavy atom. The Bertz CT molecular complexity index is 539. The molecule has 2 N–H and O–H groups in total. The van der Waals surface area contributed by atoms with Crippen LogP contribution in [0.2, 0.25) is 0 Å². The maximum absolute atomic E-state index is 13.1. The summed E-state index contributed by atoms with van der Waals surface area (Å²) in [7, 11) is 0. The van der Waals surface area contributed by atoms with E-state index in [0.717, 1.165) is 25.7 Å². The number of aliphatic hydroxyl groups is 2. The number of aliphatic hydroxyl groups excluding tert-OH is 2. The van der Waals surface area contributed by atoms with Crippen LogP contribution in [0.15, 0.2) is 11.6 Å². The zero-order valence-corrected chi connectivity index (χ0v) is 15.1. The molecule has 6 atom stereocenters. The highest BCUT2D eigenvalue weighted by Crippen LogP contribution is 2.65. The van der Waals surface area contributed by atoms with Gasteiger partial charge in [0.15, 0.2) is 0 Å². The van der Waals surface area contributed by atoms with Crippen molar-refractivity contribution in [3.05, 3.63) is 11.6 Å². The molecule has 2 fully saturated rings. The van der Waals surface area contributed by atoms with Crippen molar-refractivity contribution >= 4 is 5.78 Å². The first kappa shape index (κ1) is 17.2. The molecule has 0 amide bonds. The van der Waals surface area contributed by atoms with Crippen molar-refractivity contribution in [2.45, 2.75) is 72.3 Å². The number of fused-ring (bicyclic) bond motifs is 3. The molecule has 0 radical (unpaired) electrons. The lowest BCUT2D eigenvalue weighted by Crippen LogP contribution is -2.58. The van der Waals surface area contributed by atoms with E-state index in [4.69, 9.17) is 0 Å². The molecule has 0 unspecified atom stereocenters. The van der Waals surface area contributed by atoms with E-state index in [-0.39, 0.29) is 28.8 Å². The molecule has 0 heterocycles. The number of allylic oxidation sites excluding steroid dienone is 2. The standard InChI is InChI=1S/C20H32O3/c1-13-6-5-7-16-19(3)9-8-18(2,17(23)12-21)10-14(19)15(22)11-20(13,16)4/h6,14,16-17,21,23H,5,7-12H2,1-4H3/t14-,16-,17-,18+,19+,20-/m1/s1. The van der Waals surface area contributed by atoms with E-state index >= 15 is 0 Å². The van der Waals surface area contributed by atoms with Crippen molar-refractivity contribution in [3.8, 4) is 0 Å². The van der Waals surface area contributed by atoms with Crippen molar-refractivity contribution in [2.24, 2.45) is 28.1 Å². The zero-order valence-electron chi connectivity index (χ0n) is 15.1. The SMILES string of the molecule is CC1=CCC[C@@H]2[C@@]3(C)CC[C@](C)([C@H](O)CO)C[C@@H]3C(=O)C[C@]12C. The van der Waals surface area contributed by atoms with Gasteiger partial charge in [-0.1, -0.05) is 32.4 Å². The third kappa shape index (κ3) is 2.34. The van der Waals surface area contributed by atoms with Crippen molar-refractivity contribution in [1.82, 2.24) is 0 Å². The van der Waals surface area contributed by atoms with Crippen LogP contribution in [-0.4, -0.2) is 28.7 Å². The molecule has 0 saturated heterocycles. The first-order valence-electron chi connectivity index (χ1n) is 9.16. The lowest BCUT2D eigenvalue weighted by molar-refractivity contribution is -0.161. The Kier molecular flexibility index (Phi) is 4.04. The van der Waals surface area contributed by atoms with Crippen molar-refractivity contribution < 1.29 is 15.0 Å². The third-order valence-electron chi connectivity index (χ3n) is 7.98. The van der Waals surface area contributed by atoms with Crippen LogP contribution in [0.3, 0.4) is 0 Å². The van der Waals surface area contributed by atoms with Gasteiger partial charge < -0.3 is 10.2 Å². The van der Waals surface area contributed by atoms with E-state index in [1.165, 1.54) is 12.0 Å². The second-order valence-corrected chi connectivity index (χ2v) is 9.19. The topological polar surface area (TPSA) is 57.5 Å². The fourth-order valence-corrected chi connectivity index (χ4v) is 6.05. The number of hydrogen-bond donors (Lipinski definition) is 2. The maximum Gasteiger partial charge on any atom is 0.137 e. The molecule has 0 bridgehead atoms. The predicted molar refractivity (Wildman–Crippen MR) is 90.9 cm³/mol. The molecule has 3 nitrogen and oxygen atoms in total. The van der Waals surface area contributed by atoms with Crippen molar-refractivity contribution in [3.63, 3.8) is 0 Å². The van der Waals surface area contributed by atoms with E-state index in [2.05, 4.69) is 26.8 Å². The minimum absolute atomic E-state index is 0.0178. The van der Waals surface area contributed by atoms with Crippen LogP contribution in [0.25, 0.3) is 0 Å². The molecule has 0 aromatic rings. The van der Waals surface area contributed by atoms with E-state index in [1.807, 2.05) is 6.92 Å². The maximum atomic E-state index is 13.1. The molecule has 0 aromatic carbocycles. The summed E-state index contributed by atoms with van der Waals surface area (Å²) in [5.41, 5.74) is 1.12. The van der Waals surface area contributed by atoms with E-state index in [9.17, 15) is 15.0 Å². The lowest BCUT2D eigenvalue weighted by atomic mass is 9.42. The van der Waals surface area contributed by atoms with Gasteiger partial charge in [0.1, 0.15) is 5.78 Å². The highest BCUT2D eigenvalue weighted by atomic mass is 16.3. The lowest BCUT2D eigenvalue weighted by Gasteiger charge is -2.61. The quantitative estimate of drug-likeness (QED) is 0.766. The summed E-state index contributed by atoms with van der Waals surface area (Å²) in [5.74, 6) is 0.960. The summed E-state index contributed by atoms with van der Waals surface area (Å²) in [6.45, 7) is 8.64. The Morgan fingerprint density at radius 1 is 1.30 bits per heavy atom. The van der Waals surface area contributed by atoms with Crippen LogP contribution >= 0.6 is 0 Å². The fraction of sp³-hybridized carbons (Fsp3) is 0.850. The third-order valence-corrected chi connectivity index (χ3v) is 7.98. The van der Waals surface area contributed by atoms with Gasteiger partial charge in [0.05, 0.1) is 12.7 Å². The van der Waals surface area contributed by atoms with Gasteiger partial charge in [-0.15, -0.1) is 0 Å². The summed E-state index contributed by atoms with van der Waals surface area (Å²) in [4.78, 5) is 13.1. The molecule has 3 heteroatoms. The Balaban J connectivity index is 1.96. The average Bonchev–Trinajstić information content (AvgIpc) is 2.50. The number of ketones is 1. The molecule has 2 saturated carbocycles. The van der Waals surface area contributed by atoms with Crippen molar-refractivity contribution in [1.29, 1.82) is 0 Å². The minimum Gasteiger partial charge on any atom is -0.394 e. The first-order chi connectivity index (χ1) is 10.7. The highest BCUT2D eigenvalue weighted by Gasteiger charge is 2.61. The molecular formula is C20H32O3. The normalized spacial score (nSPS) is 48.3.